The van der Waals surface area contributed by atoms with Crippen molar-refractivity contribution in [3.63, 3.8) is 0 Å². The summed E-state index contributed by atoms with van der Waals surface area (Å²) in [6, 6.07) is 10.7. The SMILES string of the molecule is N#Cc1c(N2CC3CC(c4ccc(Cl)cc4)CC3C2)nc2c(c1NC1(CO)CCC1)[S@@](=O)CC2. The van der Waals surface area contributed by atoms with Crippen molar-refractivity contribution in [2.24, 2.45) is 11.8 Å². The number of benzene rings is 1. The molecule has 0 bridgehead atoms. The van der Waals surface area contributed by atoms with Gasteiger partial charge < -0.3 is 15.3 Å². The van der Waals surface area contributed by atoms with Crippen molar-refractivity contribution in [3.8, 4) is 6.07 Å². The van der Waals surface area contributed by atoms with Crippen molar-refractivity contribution >= 4 is 33.9 Å². The highest BCUT2D eigenvalue weighted by atomic mass is 35.5. The third-order valence-electron chi connectivity index (χ3n) is 8.46. The number of halogens is 1. The molecular formula is C26H29ClN4O2S. The molecule has 2 unspecified atom stereocenters. The van der Waals surface area contributed by atoms with Gasteiger partial charge in [-0.15, -0.1) is 0 Å². The molecule has 178 valence electrons. The van der Waals surface area contributed by atoms with Gasteiger partial charge in [0.15, 0.2) is 0 Å². The van der Waals surface area contributed by atoms with E-state index in [1.807, 2.05) is 12.1 Å². The zero-order chi connectivity index (χ0) is 23.4. The van der Waals surface area contributed by atoms with Crippen LogP contribution >= 0.6 is 11.6 Å². The maximum atomic E-state index is 12.9. The quantitative estimate of drug-likeness (QED) is 0.644. The summed E-state index contributed by atoms with van der Waals surface area (Å²) >= 11 is 6.08. The molecule has 2 aliphatic carbocycles. The van der Waals surface area contributed by atoms with Gasteiger partial charge in [0.1, 0.15) is 17.5 Å². The number of nitriles is 1. The molecule has 2 aromatic rings. The molecule has 8 heteroatoms. The molecule has 0 spiro atoms. The number of aliphatic hydroxyl groups is 1. The van der Waals surface area contributed by atoms with Gasteiger partial charge >= 0.3 is 0 Å². The van der Waals surface area contributed by atoms with Crippen LogP contribution in [0.3, 0.4) is 0 Å². The third kappa shape index (κ3) is 3.62. The number of nitrogens with one attached hydrogen (secondary N) is 1. The fourth-order valence-corrected chi connectivity index (χ4v) is 7.94. The largest absolute Gasteiger partial charge is 0.394 e. The Bertz CT molecular complexity index is 1170. The Morgan fingerprint density at radius 1 is 1.24 bits per heavy atom. The van der Waals surface area contributed by atoms with Crippen molar-refractivity contribution in [1.29, 1.82) is 5.26 Å². The maximum Gasteiger partial charge on any atom is 0.149 e. The van der Waals surface area contributed by atoms with Crippen LogP contribution in [0.1, 0.15) is 54.8 Å². The van der Waals surface area contributed by atoms with Gasteiger partial charge in [0, 0.05) is 30.3 Å². The molecule has 0 radical (unpaired) electrons. The summed E-state index contributed by atoms with van der Waals surface area (Å²) in [5, 5.41) is 24.5. The number of aryl methyl sites for hydroxylation is 1. The van der Waals surface area contributed by atoms with Crippen molar-refractivity contribution in [3.05, 3.63) is 46.1 Å². The highest BCUT2D eigenvalue weighted by Gasteiger charge is 2.44. The summed E-state index contributed by atoms with van der Waals surface area (Å²) in [5.74, 6) is 2.98. The predicted octanol–water partition coefficient (Wildman–Crippen LogP) is 4.23. The van der Waals surface area contributed by atoms with Crippen LogP contribution in [-0.2, 0) is 17.2 Å². The van der Waals surface area contributed by atoms with Crippen LogP contribution in [0.5, 0.6) is 0 Å². The maximum absolute atomic E-state index is 12.9. The number of hydrogen-bond donors (Lipinski definition) is 2. The highest BCUT2D eigenvalue weighted by Crippen LogP contribution is 2.49. The Morgan fingerprint density at radius 3 is 2.53 bits per heavy atom. The first-order chi connectivity index (χ1) is 16.5. The molecule has 1 aromatic carbocycles. The Morgan fingerprint density at radius 2 is 1.94 bits per heavy atom. The molecule has 2 N–H and O–H groups in total. The predicted molar refractivity (Wildman–Crippen MR) is 134 cm³/mol. The second-order valence-electron chi connectivity index (χ2n) is 10.4. The van der Waals surface area contributed by atoms with E-state index in [-0.39, 0.29) is 6.61 Å². The van der Waals surface area contributed by atoms with E-state index in [0.29, 0.717) is 46.1 Å². The molecule has 1 saturated heterocycles. The van der Waals surface area contributed by atoms with Crippen LogP contribution in [0.4, 0.5) is 11.5 Å². The second kappa shape index (κ2) is 8.51. The van der Waals surface area contributed by atoms with Gasteiger partial charge in [0.25, 0.3) is 0 Å². The monoisotopic (exact) mass is 496 g/mol. The van der Waals surface area contributed by atoms with Crippen LogP contribution in [-0.4, -0.2) is 45.3 Å². The van der Waals surface area contributed by atoms with Gasteiger partial charge in [-0.2, -0.15) is 5.26 Å². The van der Waals surface area contributed by atoms with Crippen molar-refractivity contribution in [1.82, 2.24) is 4.98 Å². The van der Waals surface area contributed by atoms with E-state index in [4.69, 9.17) is 16.6 Å². The van der Waals surface area contributed by atoms with Gasteiger partial charge in [0.2, 0.25) is 0 Å². The third-order valence-corrected chi connectivity index (χ3v) is 10.2. The molecule has 0 amide bonds. The minimum Gasteiger partial charge on any atom is -0.394 e. The topological polar surface area (TPSA) is 89.2 Å². The number of fused-ring (bicyclic) bond motifs is 2. The van der Waals surface area contributed by atoms with Gasteiger partial charge in [-0.25, -0.2) is 4.98 Å². The molecule has 6 nitrogen and oxygen atoms in total. The molecular weight excluding hydrogens is 468 g/mol. The Labute approximate surface area is 207 Å². The van der Waals surface area contributed by atoms with Crippen LogP contribution in [0.15, 0.2) is 29.2 Å². The second-order valence-corrected chi connectivity index (χ2v) is 12.4. The lowest BCUT2D eigenvalue weighted by Crippen LogP contribution is -2.48. The molecule has 1 aromatic heterocycles. The fraction of sp³-hybridized carbons (Fsp3) is 0.538. The van der Waals surface area contributed by atoms with E-state index >= 15 is 0 Å². The number of anilines is 2. The first-order valence-electron chi connectivity index (χ1n) is 12.2. The zero-order valence-corrected chi connectivity index (χ0v) is 20.7. The van der Waals surface area contributed by atoms with E-state index in [1.165, 1.54) is 5.56 Å². The Hall–Kier alpha value is -2.14. The Balaban J connectivity index is 1.29. The first-order valence-corrected chi connectivity index (χ1v) is 13.9. The smallest absolute Gasteiger partial charge is 0.149 e. The highest BCUT2D eigenvalue weighted by molar-refractivity contribution is 7.85. The van der Waals surface area contributed by atoms with Crippen LogP contribution in [0.2, 0.25) is 5.02 Å². The van der Waals surface area contributed by atoms with E-state index in [1.54, 1.807) is 0 Å². The van der Waals surface area contributed by atoms with E-state index < -0.39 is 16.3 Å². The standard InChI is InChI=1S/C26H29ClN4O2S/c27-20-4-2-16(3-5-20)17-10-18-13-31(14-19(18)11-17)25-21(12-28)23(30-26(15-32)7-1-8-26)24-22(29-25)6-9-34(24)33/h2-5,17-19,32H,1,6-11,13-15H2,(H,29,30)/t17?,18?,19?,34-/m0/s1. The normalized spacial score (nSPS) is 28.8. The van der Waals surface area contributed by atoms with Crippen LogP contribution < -0.4 is 10.2 Å². The number of pyridine rings is 1. The van der Waals surface area contributed by atoms with Crippen LogP contribution in [0, 0.1) is 23.2 Å². The van der Waals surface area contributed by atoms with E-state index in [2.05, 4.69) is 28.4 Å². The number of hydrogen-bond acceptors (Lipinski definition) is 6. The minimum absolute atomic E-state index is 0.0108. The number of aliphatic hydroxyl groups excluding tert-OH is 1. The summed E-state index contributed by atoms with van der Waals surface area (Å²) in [6.45, 7) is 1.79. The summed E-state index contributed by atoms with van der Waals surface area (Å²) in [7, 11) is -1.16. The lowest BCUT2D eigenvalue weighted by atomic mass is 9.77. The van der Waals surface area contributed by atoms with Gasteiger partial charge in [-0.1, -0.05) is 23.7 Å². The molecule has 6 rings (SSSR count). The molecule has 4 aliphatic rings. The minimum atomic E-state index is -1.16. The van der Waals surface area contributed by atoms with Crippen LogP contribution in [0.25, 0.3) is 0 Å². The summed E-state index contributed by atoms with van der Waals surface area (Å²) in [4.78, 5) is 7.89. The summed E-state index contributed by atoms with van der Waals surface area (Å²) in [6.07, 6.45) is 5.70. The molecule has 2 saturated carbocycles. The van der Waals surface area contributed by atoms with E-state index in [9.17, 15) is 14.6 Å². The Kier molecular flexibility index (Phi) is 5.59. The lowest BCUT2D eigenvalue weighted by Gasteiger charge is -2.42. The van der Waals surface area contributed by atoms with Crippen molar-refractivity contribution in [2.45, 2.75) is 54.9 Å². The van der Waals surface area contributed by atoms with E-state index in [0.717, 1.165) is 61.7 Å². The first kappa shape index (κ1) is 22.3. The number of nitrogens with zero attached hydrogens (tertiary/aromatic N) is 3. The summed E-state index contributed by atoms with van der Waals surface area (Å²) in [5.41, 5.74) is 2.94. The van der Waals surface area contributed by atoms with Gasteiger partial charge in [-0.3, -0.25) is 4.21 Å². The average Bonchev–Trinajstić information content (AvgIpc) is 3.49. The lowest BCUT2D eigenvalue weighted by molar-refractivity contribution is 0.144. The molecule has 2 aliphatic heterocycles. The molecule has 3 atom stereocenters. The number of rotatable bonds is 5. The van der Waals surface area contributed by atoms with Gasteiger partial charge in [0.05, 0.1) is 39.2 Å². The molecule has 3 fully saturated rings. The van der Waals surface area contributed by atoms with Gasteiger partial charge in [-0.05, 0) is 67.6 Å². The molecule has 34 heavy (non-hydrogen) atoms. The van der Waals surface area contributed by atoms with Crippen molar-refractivity contribution < 1.29 is 9.32 Å². The van der Waals surface area contributed by atoms with Crippen molar-refractivity contribution in [2.75, 3.05) is 35.7 Å². The average molecular weight is 497 g/mol. The molecule has 3 heterocycles. The fourth-order valence-electron chi connectivity index (χ4n) is 6.44. The zero-order valence-electron chi connectivity index (χ0n) is 19.1. The summed E-state index contributed by atoms with van der Waals surface area (Å²) < 4.78 is 12.9. The number of aromatic nitrogens is 1.